The topological polar surface area (TPSA) is 6.48 Å². The molecule has 0 fully saturated rings. The number of hydrogen-bond acceptors (Lipinski definition) is 2. The first-order valence-corrected chi connectivity index (χ1v) is 20.6. The molecule has 53 heavy (non-hydrogen) atoms. The van der Waals surface area contributed by atoms with E-state index in [0.717, 1.165) is 0 Å². The molecule has 0 amide bonds. The summed E-state index contributed by atoms with van der Waals surface area (Å²) in [6, 6.07) is 72.9. The SMILES string of the molecule is Cc1cc2c3c(c1)N(c1ccccc1)c1cc4c(cc1B3c1ccccc1N2c1ccccc1)-c1ccccc1[Si]4(c1ccccc1)c1ccccc1. The van der Waals surface area contributed by atoms with Gasteiger partial charge in [0.2, 0.25) is 0 Å². The maximum Gasteiger partial charge on any atom is 0.252 e. The molecular weight excluding hydrogens is 655 g/mol. The van der Waals surface area contributed by atoms with Crippen LogP contribution in [0.5, 0.6) is 0 Å². The molecule has 3 aliphatic heterocycles. The van der Waals surface area contributed by atoms with Gasteiger partial charge >= 0.3 is 0 Å². The van der Waals surface area contributed by atoms with Crippen molar-refractivity contribution >= 4 is 86.0 Å². The van der Waals surface area contributed by atoms with E-state index in [1.165, 1.54) is 87.9 Å². The van der Waals surface area contributed by atoms with Crippen LogP contribution in [-0.2, 0) is 0 Å². The Morgan fingerprint density at radius 2 is 0.906 bits per heavy atom. The van der Waals surface area contributed by atoms with Crippen LogP contribution in [0.25, 0.3) is 11.1 Å². The lowest BCUT2D eigenvalue weighted by molar-refractivity contribution is 1.24. The van der Waals surface area contributed by atoms with E-state index in [0.29, 0.717) is 0 Å². The summed E-state index contributed by atoms with van der Waals surface area (Å²) in [7, 11) is -2.71. The van der Waals surface area contributed by atoms with Gasteiger partial charge in [0, 0.05) is 34.1 Å². The fraction of sp³-hybridized carbons (Fsp3) is 0.0204. The summed E-state index contributed by atoms with van der Waals surface area (Å²) in [5.41, 5.74) is 15.4. The Bertz CT molecular complexity index is 2660. The van der Waals surface area contributed by atoms with Gasteiger partial charge in [-0.3, -0.25) is 0 Å². The second kappa shape index (κ2) is 11.6. The second-order valence-corrected chi connectivity index (χ2v) is 18.3. The van der Waals surface area contributed by atoms with Gasteiger partial charge < -0.3 is 9.80 Å². The highest BCUT2D eigenvalue weighted by Crippen LogP contribution is 2.45. The highest BCUT2D eigenvalue weighted by Gasteiger charge is 2.51. The van der Waals surface area contributed by atoms with Crippen LogP contribution >= 0.6 is 0 Å². The molecule has 0 aromatic heterocycles. The van der Waals surface area contributed by atoms with E-state index in [4.69, 9.17) is 0 Å². The predicted octanol–water partition coefficient (Wildman–Crippen LogP) is 7.44. The number of rotatable bonds is 4. The molecule has 0 saturated carbocycles. The van der Waals surface area contributed by atoms with Gasteiger partial charge in [-0.15, -0.1) is 0 Å². The van der Waals surface area contributed by atoms with E-state index < -0.39 is 8.07 Å². The molecule has 2 nitrogen and oxygen atoms in total. The van der Waals surface area contributed by atoms with Crippen molar-refractivity contribution in [2.24, 2.45) is 0 Å². The van der Waals surface area contributed by atoms with Crippen LogP contribution in [0, 0.1) is 6.92 Å². The molecule has 248 valence electrons. The molecule has 0 bridgehead atoms. The molecule has 0 saturated heterocycles. The zero-order valence-electron chi connectivity index (χ0n) is 29.4. The Morgan fingerprint density at radius 3 is 1.53 bits per heavy atom. The molecule has 11 rings (SSSR count). The van der Waals surface area contributed by atoms with Crippen LogP contribution in [-0.4, -0.2) is 14.8 Å². The van der Waals surface area contributed by atoms with Crippen molar-refractivity contribution in [3.8, 4) is 11.1 Å². The summed E-state index contributed by atoms with van der Waals surface area (Å²) in [4.78, 5) is 5.05. The number of nitrogens with zero attached hydrogens (tertiary/aromatic N) is 2. The van der Waals surface area contributed by atoms with Crippen LogP contribution in [0.4, 0.5) is 34.1 Å². The highest BCUT2D eigenvalue weighted by molar-refractivity contribution is 7.22. The van der Waals surface area contributed by atoms with Crippen molar-refractivity contribution in [3.05, 3.63) is 200 Å². The Kier molecular flexibility index (Phi) is 6.61. The Balaban J connectivity index is 1.28. The van der Waals surface area contributed by atoms with Crippen molar-refractivity contribution in [2.75, 3.05) is 9.80 Å². The standard InChI is InChI=1S/C49H35BN2Si/c1-34-30-45-49-46(31-34)52(36-20-8-3-9-21-36)44-33-48-40(32-42(44)50(49)41-27-15-16-28-43(41)51(45)35-18-6-2-7-19-35)39-26-14-17-29-47(39)53(48,37-22-10-4-11-23-37)38-24-12-5-13-25-38/h2-33H,1H3. The molecular formula is C49H35BN2Si. The summed E-state index contributed by atoms with van der Waals surface area (Å²) in [5, 5.41) is 5.76. The van der Waals surface area contributed by atoms with E-state index >= 15 is 0 Å². The fourth-order valence-electron chi connectivity index (χ4n) is 9.73. The normalized spacial score (nSPS) is 14.2. The number of anilines is 6. The molecule has 0 atom stereocenters. The first kappa shape index (κ1) is 30.3. The lowest BCUT2D eigenvalue weighted by Gasteiger charge is -2.45. The van der Waals surface area contributed by atoms with Gasteiger partial charge in [-0.1, -0.05) is 146 Å². The smallest absolute Gasteiger partial charge is 0.252 e. The van der Waals surface area contributed by atoms with E-state index in [1.54, 1.807) is 0 Å². The van der Waals surface area contributed by atoms with Gasteiger partial charge in [0.25, 0.3) is 6.71 Å². The molecule has 0 spiro atoms. The van der Waals surface area contributed by atoms with E-state index in [9.17, 15) is 0 Å². The van der Waals surface area contributed by atoms with Crippen molar-refractivity contribution in [2.45, 2.75) is 6.92 Å². The minimum Gasteiger partial charge on any atom is -0.311 e. The number of fused-ring (bicyclic) bond motifs is 7. The van der Waals surface area contributed by atoms with E-state index in [2.05, 4.69) is 211 Å². The van der Waals surface area contributed by atoms with Gasteiger partial charge in [-0.05, 0) is 109 Å². The van der Waals surface area contributed by atoms with Crippen LogP contribution in [0.1, 0.15) is 5.56 Å². The largest absolute Gasteiger partial charge is 0.311 e. The predicted molar refractivity (Wildman–Crippen MR) is 228 cm³/mol. The number of aryl methyl sites for hydroxylation is 1. The molecule has 8 aromatic carbocycles. The maximum absolute atomic E-state index is 2.71. The van der Waals surface area contributed by atoms with Crippen LogP contribution < -0.4 is 46.9 Å². The second-order valence-electron chi connectivity index (χ2n) is 14.5. The Labute approximate surface area is 312 Å². The third kappa shape index (κ3) is 4.21. The van der Waals surface area contributed by atoms with Crippen LogP contribution in [0.15, 0.2) is 194 Å². The number of hydrogen-bond donors (Lipinski definition) is 0. The molecule has 0 aliphatic carbocycles. The zero-order valence-corrected chi connectivity index (χ0v) is 30.4. The average molecular weight is 691 g/mol. The summed E-state index contributed by atoms with van der Waals surface area (Å²) < 4.78 is 0. The zero-order chi connectivity index (χ0) is 35.1. The minimum atomic E-state index is -2.71. The first-order chi connectivity index (χ1) is 26.2. The number of para-hydroxylation sites is 3. The molecule has 4 heteroatoms. The quantitative estimate of drug-likeness (QED) is 0.177. The van der Waals surface area contributed by atoms with Crippen molar-refractivity contribution in [1.29, 1.82) is 0 Å². The van der Waals surface area contributed by atoms with Gasteiger partial charge in [-0.25, -0.2) is 0 Å². The molecule has 0 radical (unpaired) electrons. The molecule has 0 unspecified atom stereocenters. The summed E-state index contributed by atoms with van der Waals surface area (Å²) in [6.45, 7) is 2.31. The maximum atomic E-state index is 2.61. The fourth-order valence-corrected chi connectivity index (χ4v) is 14.9. The van der Waals surface area contributed by atoms with Gasteiger partial charge in [0.05, 0.1) is 0 Å². The molecule has 0 N–H and O–H groups in total. The molecule has 8 aromatic rings. The third-order valence-electron chi connectivity index (χ3n) is 11.7. The van der Waals surface area contributed by atoms with Crippen molar-refractivity contribution in [3.63, 3.8) is 0 Å². The van der Waals surface area contributed by atoms with Gasteiger partial charge in [0.1, 0.15) is 0 Å². The van der Waals surface area contributed by atoms with Gasteiger partial charge in [0.15, 0.2) is 8.07 Å². The van der Waals surface area contributed by atoms with Gasteiger partial charge in [-0.2, -0.15) is 0 Å². The number of benzene rings is 8. The lowest BCUT2D eigenvalue weighted by atomic mass is 9.33. The lowest BCUT2D eigenvalue weighted by Crippen LogP contribution is -2.73. The van der Waals surface area contributed by atoms with Crippen LogP contribution in [0.2, 0.25) is 0 Å². The molecule has 3 aliphatic rings. The van der Waals surface area contributed by atoms with Crippen molar-refractivity contribution < 1.29 is 0 Å². The summed E-state index contributed by atoms with van der Waals surface area (Å²) in [6.07, 6.45) is 0. The van der Waals surface area contributed by atoms with E-state index in [-0.39, 0.29) is 6.71 Å². The Morgan fingerprint density at radius 1 is 0.396 bits per heavy atom. The van der Waals surface area contributed by atoms with E-state index in [1.807, 2.05) is 0 Å². The third-order valence-corrected chi connectivity index (χ3v) is 16.6. The molecule has 3 heterocycles. The first-order valence-electron chi connectivity index (χ1n) is 18.6. The average Bonchev–Trinajstić information content (AvgIpc) is 3.51. The monoisotopic (exact) mass is 690 g/mol. The Hall–Kier alpha value is -6.36. The van der Waals surface area contributed by atoms with Crippen LogP contribution in [0.3, 0.4) is 0 Å². The minimum absolute atomic E-state index is 0.0642. The van der Waals surface area contributed by atoms with Crippen molar-refractivity contribution in [1.82, 2.24) is 0 Å². The summed E-state index contributed by atoms with van der Waals surface area (Å²) in [5.74, 6) is 0. The highest BCUT2D eigenvalue weighted by atomic mass is 28.3. The summed E-state index contributed by atoms with van der Waals surface area (Å²) >= 11 is 0.